The van der Waals surface area contributed by atoms with E-state index in [0.29, 0.717) is 17.7 Å². The first-order valence-corrected chi connectivity index (χ1v) is 8.26. The first-order valence-electron chi connectivity index (χ1n) is 7.88. The fourth-order valence-electron chi connectivity index (χ4n) is 2.70. The maximum absolute atomic E-state index is 6.17. The largest absolute Gasteiger partial charge is 0.490 e. The number of anilines is 1. The van der Waals surface area contributed by atoms with Crippen LogP contribution in [0.15, 0.2) is 36.5 Å². The number of piperidine rings is 1. The molecule has 0 bridgehead atoms. The van der Waals surface area contributed by atoms with E-state index in [1.165, 1.54) is 0 Å². The lowest BCUT2D eigenvalue weighted by molar-refractivity contribution is 0.169. The SMILES string of the molecule is CCOc1ccccc1OC1CCCN(c2nccc(Cl)n2)C1. The zero-order chi connectivity index (χ0) is 16.1. The molecule has 3 rings (SSSR count). The van der Waals surface area contributed by atoms with Crippen molar-refractivity contribution in [3.8, 4) is 11.5 Å². The van der Waals surface area contributed by atoms with Gasteiger partial charge in [0.2, 0.25) is 5.95 Å². The van der Waals surface area contributed by atoms with Crippen LogP contribution >= 0.6 is 11.6 Å². The van der Waals surface area contributed by atoms with Crippen molar-refractivity contribution in [3.63, 3.8) is 0 Å². The molecule has 1 saturated heterocycles. The summed E-state index contributed by atoms with van der Waals surface area (Å²) in [6.07, 6.45) is 3.78. The number of halogens is 1. The molecule has 0 saturated carbocycles. The Labute approximate surface area is 141 Å². The Morgan fingerprint density at radius 3 is 2.87 bits per heavy atom. The maximum atomic E-state index is 6.17. The van der Waals surface area contributed by atoms with Crippen LogP contribution in [0.1, 0.15) is 19.8 Å². The van der Waals surface area contributed by atoms with Crippen molar-refractivity contribution in [2.24, 2.45) is 0 Å². The minimum atomic E-state index is 0.0768. The second-order valence-corrected chi connectivity index (χ2v) is 5.77. The lowest BCUT2D eigenvalue weighted by Gasteiger charge is -2.33. The van der Waals surface area contributed by atoms with Gasteiger partial charge < -0.3 is 14.4 Å². The molecule has 6 heteroatoms. The molecule has 1 aromatic carbocycles. The molecule has 0 radical (unpaired) electrons. The lowest BCUT2D eigenvalue weighted by atomic mass is 10.1. The highest BCUT2D eigenvalue weighted by atomic mass is 35.5. The molecule has 0 aliphatic carbocycles. The summed E-state index contributed by atoms with van der Waals surface area (Å²) in [4.78, 5) is 10.7. The van der Waals surface area contributed by atoms with Crippen molar-refractivity contribution >= 4 is 17.5 Å². The Morgan fingerprint density at radius 2 is 2.09 bits per heavy atom. The second kappa shape index (κ2) is 7.51. The van der Waals surface area contributed by atoms with Crippen LogP contribution in [0.25, 0.3) is 0 Å². The van der Waals surface area contributed by atoms with Gasteiger partial charge in [0, 0.05) is 12.7 Å². The average Bonchev–Trinajstić information content (AvgIpc) is 2.57. The minimum absolute atomic E-state index is 0.0768. The molecule has 1 unspecified atom stereocenters. The fraction of sp³-hybridized carbons (Fsp3) is 0.412. The van der Waals surface area contributed by atoms with Crippen molar-refractivity contribution < 1.29 is 9.47 Å². The number of aromatic nitrogens is 2. The van der Waals surface area contributed by atoms with Gasteiger partial charge in [0.05, 0.1) is 13.2 Å². The highest BCUT2D eigenvalue weighted by Gasteiger charge is 2.24. The molecule has 23 heavy (non-hydrogen) atoms. The molecular weight excluding hydrogens is 314 g/mol. The van der Waals surface area contributed by atoms with Crippen molar-refractivity contribution in [3.05, 3.63) is 41.7 Å². The first kappa shape index (κ1) is 15.9. The summed E-state index contributed by atoms with van der Waals surface area (Å²) in [6, 6.07) is 9.46. The van der Waals surface area contributed by atoms with Crippen LogP contribution in [0.4, 0.5) is 5.95 Å². The highest BCUT2D eigenvalue weighted by Crippen LogP contribution is 2.29. The van der Waals surface area contributed by atoms with Gasteiger partial charge in [-0.25, -0.2) is 9.97 Å². The Balaban J connectivity index is 1.70. The summed E-state index contributed by atoms with van der Waals surface area (Å²) in [7, 11) is 0. The van der Waals surface area contributed by atoms with Crippen LogP contribution in [0.3, 0.4) is 0 Å². The third kappa shape index (κ3) is 4.05. The Hall–Kier alpha value is -2.01. The molecule has 1 aromatic heterocycles. The normalized spacial score (nSPS) is 17.8. The van der Waals surface area contributed by atoms with Crippen molar-refractivity contribution in [1.82, 2.24) is 9.97 Å². The van der Waals surface area contributed by atoms with Gasteiger partial charge in [-0.15, -0.1) is 0 Å². The second-order valence-electron chi connectivity index (χ2n) is 5.39. The number of benzene rings is 1. The number of nitrogens with zero attached hydrogens (tertiary/aromatic N) is 3. The Bertz CT molecular complexity index is 653. The third-order valence-electron chi connectivity index (χ3n) is 3.71. The molecule has 1 aliphatic rings. The summed E-state index contributed by atoms with van der Waals surface area (Å²) < 4.78 is 11.8. The molecule has 0 N–H and O–H groups in total. The third-order valence-corrected chi connectivity index (χ3v) is 3.92. The van der Waals surface area contributed by atoms with Crippen LogP contribution in [0.2, 0.25) is 5.15 Å². The summed E-state index contributed by atoms with van der Waals surface area (Å²) in [5.74, 6) is 2.23. The minimum Gasteiger partial charge on any atom is -0.490 e. The predicted octanol–water partition coefficient (Wildman–Crippen LogP) is 3.58. The Morgan fingerprint density at radius 1 is 1.26 bits per heavy atom. The zero-order valence-electron chi connectivity index (χ0n) is 13.1. The highest BCUT2D eigenvalue weighted by molar-refractivity contribution is 6.29. The molecule has 1 aliphatic heterocycles. The predicted molar refractivity (Wildman–Crippen MR) is 90.5 cm³/mol. The van der Waals surface area contributed by atoms with Gasteiger partial charge in [-0.1, -0.05) is 23.7 Å². The molecule has 2 heterocycles. The molecule has 0 amide bonds. The summed E-state index contributed by atoms with van der Waals surface area (Å²) in [5.41, 5.74) is 0. The van der Waals surface area contributed by atoms with Gasteiger partial charge in [-0.3, -0.25) is 0 Å². The van der Waals surface area contributed by atoms with Crippen LogP contribution < -0.4 is 14.4 Å². The fourth-order valence-corrected chi connectivity index (χ4v) is 2.83. The van der Waals surface area contributed by atoms with Gasteiger partial charge in [-0.05, 0) is 38.0 Å². The van der Waals surface area contributed by atoms with Crippen LogP contribution in [-0.2, 0) is 0 Å². The van der Waals surface area contributed by atoms with Crippen LogP contribution in [0.5, 0.6) is 11.5 Å². The van der Waals surface area contributed by atoms with Crippen molar-refractivity contribution in [1.29, 1.82) is 0 Å². The maximum Gasteiger partial charge on any atom is 0.226 e. The monoisotopic (exact) mass is 333 g/mol. The zero-order valence-corrected chi connectivity index (χ0v) is 13.9. The number of hydrogen-bond acceptors (Lipinski definition) is 5. The summed E-state index contributed by atoms with van der Waals surface area (Å²) in [5, 5.41) is 0.458. The van der Waals surface area contributed by atoms with Crippen LogP contribution in [-0.4, -0.2) is 35.8 Å². The van der Waals surface area contributed by atoms with Crippen molar-refractivity contribution in [2.75, 3.05) is 24.6 Å². The van der Waals surface area contributed by atoms with Crippen LogP contribution in [0, 0.1) is 0 Å². The van der Waals surface area contributed by atoms with Crippen molar-refractivity contribution in [2.45, 2.75) is 25.9 Å². The molecule has 122 valence electrons. The molecular formula is C17H20ClN3O2. The van der Waals surface area contributed by atoms with Gasteiger partial charge in [0.25, 0.3) is 0 Å². The molecule has 0 spiro atoms. The van der Waals surface area contributed by atoms with Gasteiger partial charge in [0.1, 0.15) is 11.3 Å². The molecule has 1 atom stereocenters. The van der Waals surface area contributed by atoms with E-state index < -0.39 is 0 Å². The van der Waals surface area contributed by atoms with E-state index in [1.54, 1.807) is 12.3 Å². The van der Waals surface area contributed by atoms with E-state index in [-0.39, 0.29) is 6.10 Å². The van der Waals surface area contributed by atoms with Gasteiger partial charge in [-0.2, -0.15) is 0 Å². The van der Waals surface area contributed by atoms with Gasteiger partial charge >= 0.3 is 0 Å². The van der Waals surface area contributed by atoms with E-state index in [2.05, 4.69) is 14.9 Å². The van der Waals surface area contributed by atoms with Gasteiger partial charge in [0.15, 0.2) is 11.5 Å². The summed E-state index contributed by atoms with van der Waals surface area (Å²) in [6.45, 7) is 4.23. The standard InChI is InChI=1S/C17H20ClN3O2/c1-2-22-14-7-3-4-8-15(14)23-13-6-5-11-21(12-13)17-19-10-9-16(18)20-17/h3-4,7-10,13H,2,5-6,11-12H2,1H3. The molecule has 2 aromatic rings. The van der Waals surface area contributed by atoms with E-state index in [1.807, 2.05) is 31.2 Å². The Kier molecular flexibility index (Phi) is 5.18. The topological polar surface area (TPSA) is 47.5 Å². The van der Waals surface area contributed by atoms with E-state index in [0.717, 1.165) is 37.4 Å². The lowest BCUT2D eigenvalue weighted by Crippen LogP contribution is -2.42. The molecule has 5 nitrogen and oxygen atoms in total. The number of rotatable bonds is 5. The quantitative estimate of drug-likeness (QED) is 0.783. The average molecular weight is 334 g/mol. The van der Waals surface area contributed by atoms with E-state index in [4.69, 9.17) is 21.1 Å². The number of hydrogen-bond donors (Lipinski definition) is 0. The number of ether oxygens (including phenoxy) is 2. The summed E-state index contributed by atoms with van der Waals surface area (Å²) >= 11 is 5.96. The number of para-hydroxylation sites is 2. The van der Waals surface area contributed by atoms with E-state index >= 15 is 0 Å². The first-order chi connectivity index (χ1) is 11.3. The molecule has 1 fully saturated rings. The van der Waals surface area contributed by atoms with E-state index in [9.17, 15) is 0 Å². The smallest absolute Gasteiger partial charge is 0.226 e.